The fourth-order valence-electron chi connectivity index (χ4n) is 1.97. The van der Waals surface area contributed by atoms with Gasteiger partial charge in [-0.25, -0.2) is 0 Å². The molecule has 0 heterocycles. The SMILES string of the molecule is C=CC=CC=CC=CC=CCCCCCCCCCC. The molecule has 0 bridgehead atoms. The summed E-state index contributed by atoms with van der Waals surface area (Å²) in [6, 6.07) is 0. The predicted octanol–water partition coefficient (Wildman–Crippen LogP) is 6.93. The van der Waals surface area contributed by atoms with Crippen molar-refractivity contribution in [2.75, 3.05) is 0 Å². The minimum Gasteiger partial charge on any atom is -0.0991 e. The van der Waals surface area contributed by atoms with Gasteiger partial charge in [-0.15, -0.1) is 0 Å². The van der Waals surface area contributed by atoms with Gasteiger partial charge in [-0.2, -0.15) is 0 Å². The van der Waals surface area contributed by atoms with Gasteiger partial charge in [0.15, 0.2) is 0 Å². The van der Waals surface area contributed by atoms with E-state index in [1.807, 2.05) is 24.3 Å². The van der Waals surface area contributed by atoms with Crippen LogP contribution in [0.15, 0.2) is 61.3 Å². The van der Waals surface area contributed by atoms with E-state index in [-0.39, 0.29) is 0 Å². The van der Waals surface area contributed by atoms with E-state index in [0.29, 0.717) is 0 Å². The molecule has 0 aromatic carbocycles. The highest BCUT2D eigenvalue weighted by Crippen LogP contribution is 2.09. The Kier molecular flexibility index (Phi) is 16.5. The van der Waals surface area contributed by atoms with Gasteiger partial charge in [-0.05, 0) is 12.8 Å². The minimum atomic E-state index is 1.21. The van der Waals surface area contributed by atoms with Gasteiger partial charge >= 0.3 is 0 Å². The quantitative estimate of drug-likeness (QED) is 0.252. The fraction of sp³-hybridized carbons (Fsp3) is 0.500. The van der Waals surface area contributed by atoms with Gasteiger partial charge in [-0.1, -0.05) is 113 Å². The standard InChI is InChI=1S/C20H32/c1-3-5-7-9-11-13-15-17-19-20-18-16-14-12-10-8-6-4-2/h3,5,7,9,11,13,15,17,19H,1,4,6,8,10,12,14,16,18,20H2,2H3. The summed E-state index contributed by atoms with van der Waals surface area (Å²) in [6.45, 7) is 5.89. The van der Waals surface area contributed by atoms with Crippen molar-refractivity contribution >= 4 is 0 Å². The number of unbranched alkanes of at least 4 members (excludes halogenated alkanes) is 8. The van der Waals surface area contributed by atoms with Crippen molar-refractivity contribution in [3.05, 3.63) is 61.3 Å². The van der Waals surface area contributed by atoms with Crippen LogP contribution in [0.4, 0.5) is 0 Å². The zero-order valence-corrected chi connectivity index (χ0v) is 13.3. The van der Waals surface area contributed by atoms with Crippen LogP contribution in [0.3, 0.4) is 0 Å². The Bertz CT molecular complexity index is 302. The summed E-state index contributed by atoms with van der Waals surface area (Å²) >= 11 is 0. The van der Waals surface area contributed by atoms with E-state index in [4.69, 9.17) is 0 Å². The maximum atomic E-state index is 3.62. The van der Waals surface area contributed by atoms with Gasteiger partial charge in [0.05, 0.1) is 0 Å². The van der Waals surface area contributed by atoms with Gasteiger partial charge in [0.1, 0.15) is 0 Å². The molecule has 0 aliphatic heterocycles. The predicted molar refractivity (Wildman–Crippen MR) is 94.0 cm³/mol. The third kappa shape index (κ3) is 16.7. The van der Waals surface area contributed by atoms with Gasteiger partial charge in [0.25, 0.3) is 0 Å². The summed E-state index contributed by atoms with van der Waals surface area (Å²) in [5.41, 5.74) is 0. The molecule has 0 nitrogen and oxygen atoms in total. The van der Waals surface area contributed by atoms with Crippen molar-refractivity contribution in [1.82, 2.24) is 0 Å². The van der Waals surface area contributed by atoms with E-state index in [1.54, 1.807) is 6.08 Å². The minimum absolute atomic E-state index is 1.21. The number of hydrogen-bond donors (Lipinski definition) is 0. The van der Waals surface area contributed by atoms with Crippen molar-refractivity contribution in [2.45, 2.75) is 64.7 Å². The van der Waals surface area contributed by atoms with Crippen LogP contribution in [0.25, 0.3) is 0 Å². The van der Waals surface area contributed by atoms with Crippen LogP contribution in [-0.2, 0) is 0 Å². The lowest BCUT2D eigenvalue weighted by atomic mass is 10.1. The van der Waals surface area contributed by atoms with E-state index < -0.39 is 0 Å². The molecule has 0 spiro atoms. The summed E-state index contributed by atoms with van der Waals surface area (Å²) in [5, 5.41) is 0. The third-order valence-corrected chi connectivity index (χ3v) is 3.16. The van der Waals surface area contributed by atoms with Gasteiger partial charge in [0.2, 0.25) is 0 Å². The molecule has 0 aliphatic carbocycles. The van der Waals surface area contributed by atoms with Crippen molar-refractivity contribution in [3.8, 4) is 0 Å². The molecule has 0 aliphatic rings. The zero-order valence-electron chi connectivity index (χ0n) is 13.3. The first kappa shape index (κ1) is 18.7. The summed E-state index contributed by atoms with van der Waals surface area (Å²) in [4.78, 5) is 0. The lowest BCUT2D eigenvalue weighted by Crippen LogP contribution is -1.79. The Morgan fingerprint density at radius 1 is 0.600 bits per heavy atom. The maximum Gasteiger partial charge on any atom is -0.0348 e. The van der Waals surface area contributed by atoms with Crippen LogP contribution in [0.2, 0.25) is 0 Å². The second-order valence-corrected chi connectivity index (χ2v) is 5.08. The molecular formula is C20H32. The summed E-state index contributed by atoms with van der Waals surface area (Å²) in [7, 11) is 0. The van der Waals surface area contributed by atoms with Gasteiger partial charge < -0.3 is 0 Å². The van der Waals surface area contributed by atoms with Crippen LogP contribution >= 0.6 is 0 Å². The number of rotatable bonds is 13. The van der Waals surface area contributed by atoms with Crippen LogP contribution in [0.5, 0.6) is 0 Å². The summed E-state index contributed by atoms with van der Waals surface area (Å²) in [5.74, 6) is 0. The number of hydrogen-bond acceptors (Lipinski definition) is 0. The number of allylic oxidation sites excluding steroid dienone is 9. The molecule has 0 radical (unpaired) electrons. The van der Waals surface area contributed by atoms with E-state index in [2.05, 4.69) is 37.8 Å². The highest BCUT2D eigenvalue weighted by atomic mass is 14.0. The van der Waals surface area contributed by atoms with E-state index in [9.17, 15) is 0 Å². The molecule has 0 atom stereocenters. The maximum absolute atomic E-state index is 3.62. The lowest BCUT2D eigenvalue weighted by Gasteiger charge is -1.99. The molecule has 0 fully saturated rings. The lowest BCUT2D eigenvalue weighted by molar-refractivity contribution is 0.577. The average Bonchev–Trinajstić information content (AvgIpc) is 2.47. The molecule has 20 heavy (non-hydrogen) atoms. The summed E-state index contributed by atoms with van der Waals surface area (Å²) in [6.07, 6.45) is 30.6. The highest BCUT2D eigenvalue weighted by Gasteiger charge is 1.89. The molecule has 0 saturated heterocycles. The first-order valence-corrected chi connectivity index (χ1v) is 8.19. The van der Waals surface area contributed by atoms with E-state index in [0.717, 1.165) is 0 Å². The zero-order chi connectivity index (χ0) is 14.7. The molecule has 0 aromatic rings. The van der Waals surface area contributed by atoms with Crippen LogP contribution in [0.1, 0.15) is 64.7 Å². The molecule has 0 unspecified atom stereocenters. The normalized spacial score (nSPS) is 12.4. The third-order valence-electron chi connectivity index (χ3n) is 3.16. The largest absolute Gasteiger partial charge is 0.0991 e. The topological polar surface area (TPSA) is 0 Å². The van der Waals surface area contributed by atoms with E-state index in [1.165, 1.54) is 57.8 Å². The van der Waals surface area contributed by atoms with E-state index >= 15 is 0 Å². The fourth-order valence-corrected chi connectivity index (χ4v) is 1.97. The van der Waals surface area contributed by atoms with Crippen LogP contribution in [-0.4, -0.2) is 0 Å². The van der Waals surface area contributed by atoms with Crippen molar-refractivity contribution in [3.63, 3.8) is 0 Å². The molecule has 0 aromatic heterocycles. The van der Waals surface area contributed by atoms with Crippen LogP contribution in [0, 0.1) is 0 Å². The Balaban J connectivity index is 3.31. The van der Waals surface area contributed by atoms with Crippen molar-refractivity contribution in [2.24, 2.45) is 0 Å². The second-order valence-electron chi connectivity index (χ2n) is 5.08. The molecule has 0 heteroatoms. The Labute approximate surface area is 126 Å². The van der Waals surface area contributed by atoms with Gasteiger partial charge in [-0.3, -0.25) is 0 Å². The molecule has 112 valence electrons. The molecule has 0 saturated carbocycles. The molecule has 0 amide bonds. The van der Waals surface area contributed by atoms with Gasteiger partial charge in [0, 0.05) is 0 Å². The smallest absolute Gasteiger partial charge is 0.0348 e. The molecule has 0 rings (SSSR count). The average molecular weight is 272 g/mol. The Morgan fingerprint density at radius 3 is 1.70 bits per heavy atom. The Morgan fingerprint density at radius 2 is 1.10 bits per heavy atom. The van der Waals surface area contributed by atoms with Crippen molar-refractivity contribution < 1.29 is 0 Å². The van der Waals surface area contributed by atoms with Crippen molar-refractivity contribution in [1.29, 1.82) is 0 Å². The first-order valence-electron chi connectivity index (χ1n) is 8.19. The Hall–Kier alpha value is -1.30. The van der Waals surface area contributed by atoms with Crippen LogP contribution < -0.4 is 0 Å². The first-order chi connectivity index (χ1) is 9.91. The molecular weight excluding hydrogens is 240 g/mol. The monoisotopic (exact) mass is 272 g/mol. The summed E-state index contributed by atoms with van der Waals surface area (Å²) < 4.78 is 0. The second kappa shape index (κ2) is 17.7. The highest BCUT2D eigenvalue weighted by molar-refractivity contribution is 5.17. The molecule has 0 N–H and O–H groups in total.